The number of rotatable bonds is 5. The second kappa shape index (κ2) is 4.59. The van der Waals surface area contributed by atoms with E-state index in [0.717, 1.165) is 0 Å². The third-order valence-electron chi connectivity index (χ3n) is 2.89. The number of carboxylic acid groups (broad SMARTS) is 2. The molecule has 86 valence electrons. The van der Waals surface area contributed by atoms with E-state index in [1.807, 2.05) is 0 Å². The predicted molar refractivity (Wildman–Crippen MR) is 52.4 cm³/mol. The lowest BCUT2D eigenvalue weighted by Gasteiger charge is -2.22. The maximum absolute atomic E-state index is 11.1. The second-order valence-corrected chi connectivity index (χ2v) is 3.95. The van der Waals surface area contributed by atoms with E-state index in [9.17, 15) is 9.59 Å². The molecule has 1 rings (SSSR count). The molecule has 15 heavy (non-hydrogen) atoms. The van der Waals surface area contributed by atoms with Gasteiger partial charge in [0.15, 0.2) is 0 Å². The summed E-state index contributed by atoms with van der Waals surface area (Å²) in [6, 6.07) is -0.751. The van der Waals surface area contributed by atoms with E-state index in [-0.39, 0.29) is 13.0 Å². The number of hydrogen-bond donors (Lipinski definition) is 4. The van der Waals surface area contributed by atoms with Gasteiger partial charge in [-0.15, -0.1) is 0 Å². The van der Waals surface area contributed by atoms with E-state index < -0.39 is 23.4 Å². The Morgan fingerprint density at radius 3 is 2.53 bits per heavy atom. The molecule has 6 nitrogen and oxygen atoms in total. The lowest BCUT2D eigenvalue weighted by atomic mass is 9.81. The molecule has 1 saturated heterocycles. The van der Waals surface area contributed by atoms with Crippen molar-refractivity contribution in [3.05, 3.63) is 0 Å². The Hall–Kier alpha value is -1.14. The molecule has 1 aliphatic heterocycles. The van der Waals surface area contributed by atoms with Crippen molar-refractivity contribution >= 4 is 11.9 Å². The van der Waals surface area contributed by atoms with Crippen molar-refractivity contribution in [2.75, 3.05) is 13.1 Å². The number of nitrogens with one attached hydrogen (secondary N) is 1. The van der Waals surface area contributed by atoms with Gasteiger partial charge in [-0.25, -0.2) is 0 Å². The van der Waals surface area contributed by atoms with Gasteiger partial charge in [-0.1, -0.05) is 0 Å². The van der Waals surface area contributed by atoms with E-state index in [4.69, 9.17) is 15.9 Å². The summed E-state index contributed by atoms with van der Waals surface area (Å²) in [6.45, 7) is 0.631. The van der Waals surface area contributed by atoms with Crippen LogP contribution < -0.4 is 11.1 Å². The SMILES string of the molecule is NCCC[C@]1(C(=O)O)CN[C@@H](C(=O)O)C1. The molecule has 1 aliphatic rings. The molecule has 0 aromatic rings. The first-order valence-corrected chi connectivity index (χ1v) is 4.91. The Morgan fingerprint density at radius 1 is 1.47 bits per heavy atom. The third kappa shape index (κ3) is 2.45. The molecule has 0 unspecified atom stereocenters. The van der Waals surface area contributed by atoms with E-state index in [0.29, 0.717) is 19.4 Å². The van der Waals surface area contributed by atoms with Crippen LogP contribution in [0.1, 0.15) is 19.3 Å². The highest BCUT2D eigenvalue weighted by Gasteiger charge is 2.46. The zero-order valence-corrected chi connectivity index (χ0v) is 8.40. The first-order chi connectivity index (χ1) is 7.02. The number of carboxylic acids is 2. The number of nitrogens with two attached hydrogens (primary N) is 1. The van der Waals surface area contributed by atoms with Gasteiger partial charge in [0.25, 0.3) is 0 Å². The summed E-state index contributed by atoms with van der Waals surface area (Å²) in [5.74, 6) is -1.93. The highest BCUT2D eigenvalue weighted by molar-refractivity contribution is 5.80. The first-order valence-electron chi connectivity index (χ1n) is 4.91. The van der Waals surface area contributed by atoms with Crippen molar-refractivity contribution in [1.29, 1.82) is 0 Å². The molecule has 0 amide bonds. The Bertz CT molecular complexity index is 269. The minimum Gasteiger partial charge on any atom is -0.481 e. The van der Waals surface area contributed by atoms with Gasteiger partial charge in [-0.2, -0.15) is 0 Å². The average molecular weight is 216 g/mol. The summed E-state index contributed by atoms with van der Waals surface area (Å²) in [7, 11) is 0. The van der Waals surface area contributed by atoms with Crippen LogP contribution in [-0.4, -0.2) is 41.3 Å². The van der Waals surface area contributed by atoms with E-state index in [1.54, 1.807) is 0 Å². The van der Waals surface area contributed by atoms with Crippen LogP contribution in [0.2, 0.25) is 0 Å². The third-order valence-corrected chi connectivity index (χ3v) is 2.89. The largest absolute Gasteiger partial charge is 0.481 e. The van der Waals surface area contributed by atoms with Gasteiger partial charge in [-0.3, -0.25) is 9.59 Å². The van der Waals surface area contributed by atoms with E-state index in [2.05, 4.69) is 5.32 Å². The average Bonchev–Trinajstić information content (AvgIpc) is 2.60. The van der Waals surface area contributed by atoms with Crippen LogP contribution in [0.5, 0.6) is 0 Å². The second-order valence-electron chi connectivity index (χ2n) is 3.95. The Kier molecular flexibility index (Phi) is 3.65. The number of hydrogen-bond acceptors (Lipinski definition) is 4. The maximum atomic E-state index is 11.1. The topological polar surface area (TPSA) is 113 Å². The van der Waals surface area contributed by atoms with E-state index >= 15 is 0 Å². The van der Waals surface area contributed by atoms with Gasteiger partial charge in [0, 0.05) is 6.54 Å². The van der Waals surface area contributed by atoms with E-state index in [1.165, 1.54) is 0 Å². The standard InChI is InChI=1S/C9H16N2O4/c10-3-1-2-9(8(14)15)4-6(7(12)13)11-5-9/h6,11H,1-5,10H2,(H,12,13)(H,14,15)/t6-,9-/m1/s1. The van der Waals surface area contributed by atoms with Crippen LogP contribution >= 0.6 is 0 Å². The quantitative estimate of drug-likeness (QED) is 0.480. The van der Waals surface area contributed by atoms with Gasteiger partial charge in [-0.05, 0) is 25.8 Å². The van der Waals surface area contributed by atoms with Crippen LogP contribution in [-0.2, 0) is 9.59 Å². The molecule has 1 fully saturated rings. The fourth-order valence-corrected chi connectivity index (χ4v) is 1.93. The number of carbonyl (C=O) groups is 2. The molecular weight excluding hydrogens is 200 g/mol. The van der Waals surface area contributed by atoms with Gasteiger partial charge in [0.1, 0.15) is 6.04 Å². The summed E-state index contributed by atoms with van der Waals surface area (Å²) in [6.07, 6.45) is 1.16. The highest BCUT2D eigenvalue weighted by atomic mass is 16.4. The molecule has 5 N–H and O–H groups in total. The minimum absolute atomic E-state index is 0.137. The fraction of sp³-hybridized carbons (Fsp3) is 0.778. The van der Waals surface area contributed by atoms with Crippen molar-refractivity contribution in [3.8, 4) is 0 Å². The monoisotopic (exact) mass is 216 g/mol. The predicted octanol–water partition coefficient (Wildman–Crippen LogP) is -0.757. The maximum Gasteiger partial charge on any atom is 0.320 e. The fourth-order valence-electron chi connectivity index (χ4n) is 1.93. The first kappa shape index (κ1) is 11.9. The normalized spacial score (nSPS) is 30.3. The zero-order chi connectivity index (χ0) is 11.5. The van der Waals surface area contributed by atoms with Crippen molar-refractivity contribution in [1.82, 2.24) is 5.32 Å². The summed E-state index contributed by atoms with van der Waals surface area (Å²) in [4.78, 5) is 21.8. The van der Waals surface area contributed by atoms with Crippen molar-refractivity contribution < 1.29 is 19.8 Å². The molecule has 0 aromatic carbocycles. The van der Waals surface area contributed by atoms with Gasteiger partial charge < -0.3 is 21.3 Å². The summed E-state index contributed by atoms with van der Waals surface area (Å²) in [5.41, 5.74) is 4.37. The van der Waals surface area contributed by atoms with Crippen molar-refractivity contribution in [2.24, 2.45) is 11.1 Å². The molecule has 0 radical (unpaired) electrons. The molecule has 0 aliphatic carbocycles. The summed E-state index contributed by atoms with van der Waals surface area (Å²) >= 11 is 0. The zero-order valence-electron chi connectivity index (χ0n) is 8.40. The van der Waals surface area contributed by atoms with Crippen LogP contribution in [0.3, 0.4) is 0 Å². The summed E-state index contributed by atoms with van der Waals surface area (Å²) in [5, 5.41) is 20.6. The van der Waals surface area contributed by atoms with Crippen LogP contribution in [0.4, 0.5) is 0 Å². The van der Waals surface area contributed by atoms with Crippen LogP contribution in [0.25, 0.3) is 0 Å². The lowest BCUT2D eigenvalue weighted by Crippen LogP contribution is -2.33. The molecule has 0 spiro atoms. The Morgan fingerprint density at radius 2 is 2.13 bits per heavy atom. The summed E-state index contributed by atoms with van der Waals surface area (Å²) < 4.78 is 0. The smallest absolute Gasteiger partial charge is 0.320 e. The van der Waals surface area contributed by atoms with Crippen LogP contribution in [0, 0.1) is 5.41 Å². The highest BCUT2D eigenvalue weighted by Crippen LogP contribution is 2.34. The molecule has 0 bridgehead atoms. The Labute approximate surface area is 87.5 Å². The van der Waals surface area contributed by atoms with Crippen molar-refractivity contribution in [3.63, 3.8) is 0 Å². The molecule has 2 atom stereocenters. The lowest BCUT2D eigenvalue weighted by molar-refractivity contribution is -0.148. The van der Waals surface area contributed by atoms with Crippen LogP contribution in [0.15, 0.2) is 0 Å². The number of aliphatic carboxylic acids is 2. The van der Waals surface area contributed by atoms with Gasteiger partial charge >= 0.3 is 11.9 Å². The molecular formula is C9H16N2O4. The molecule has 0 saturated carbocycles. The van der Waals surface area contributed by atoms with Crippen molar-refractivity contribution in [2.45, 2.75) is 25.3 Å². The Balaban J connectivity index is 2.69. The molecule has 0 aromatic heterocycles. The minimum atomic E-state index is -0.995. The molecule has 6 heteroatoms. The molecule has 1 heterocycles. The van der Waals surface area contributed by atoms with Gasteiger partial charge in [0.05, 0.1) is 5.41 Å². The van der Waals surface area contributed by atoms with Gasteiger partial charge in [0.2, 0.25) is 0 Å².